The Morgan fingerprint density at radius 1 is 1.07 bits per heavy atom. The summed E-state index contributed by atoms with van der Waals surface area (Å²) in [5, 5.41) is 0. The predicted molar refractivity (Wildman–Crippen MR) is 105 cm³/mol. The number of benzene rings is 2. The molecule has 1 aliphatic rings. The van der Waals surface area contributed by atoms with E-state index < -0.39 is 0 Å². The molecule has 0 saturated carbocycles. The molecule has 3 aromatic rings. The van der Waals surface area contributed by atoms with Crippen molar-refractivity contribution >= 4 is 22.8 Å². The van der Waals surface area contributed by atoms with Crippen LogP contribution < -0.4 is 10.3 Å². The quantitative estimate of drug-likeness (QED) is 0.521. The zero-order chi connectivity index (χ0) is 19.5. The molecule has 4 rings (SSSR count). The summed E-state index contributed by atoms with van der Waals surface area (Å²) in [6.07, 6.45) is 0. The third kappa shape index (κ3) is 3.76. The van der Waals surface area contributed by atoms with Gasteiger partial charge in [-0.2, -0.15) is 0 Å². The molecule has 6 nitrogen and oxygen atoms in total. The first-order valence-electron chi connectivity index (χ1n) is 9.49. The minimum absolute atomic E-state index is 0.104. The van der Waals surface area contributed by atoms with Gasteiger partial charge in [-0.05, 0) is 36.4 Å². The number of aromatic nitrogens is 2. The number of ketones is 1. The van der Waals surface area contributed by atoms with Gasteiger partial charge >= 0.3 is 5.95 Å². The summed E-state index contributed by atoms with van der Waals surface area (Å²) in [6, 6.07) is 13.5. The van der Waals surface area contributed by atoms with Gasteiger partial charge in [0, 0.05) is 25.2 Å². The number of morpholine rings is 1. The van der Waals surface area contributed by atoms with E-state index in [0.717, 1.165) is 50.4 Å². The van der Waals surface area contributed by atoms with Crippen molar-refractivity contribution in [2.45, 2.75) is 13.1 Å². The third-order valence-electron chi connectivity index (χ3n) is 5.23. The lowest BCUT2D eigenvalue weighted by Crippen LogP contribution is -2.41. The number of hydrogen-bond acceptors (Lipinski definition) is 4. The van der Waals surface area contributed by atoms with E-state index >= 15 is 0 Å². The molecule has 0 bridgehead atoms. The first kappa shape index (κ1) is 18.6. The minimum Gasteiger partial charge on any atom is -0.379 e. The number of carbonyl (C=O) groups excluding carboxylic acids is 1. The van der Waals surface area contributed by atoms with Crippen molar-refractivity contribution in [2.24, 2.45) is 0 Å². The number of nitrogens with zero attached hydrogens (tertiary/aromatic N) is 3. The van der Waals surface area contributed by atoms with Gasteiger partial charge in [0.1, 0.15) is 23.4 Å². The van der Waals surface area contributed by atoms with Crippen LogP contribution in [0.2, 0.25) is 0 Å². The Labute approximate surface area is 162 Å². The minimum atomic E-state index is -0.358. The molecule has 2 heterocycles. The number of imidazole rings is 1. The number of ether oxygens (including phenoxy) is 1. The summed E-state index contributed by atoms with van der Waals surface area (Å²) >= 11 is 0. The fourth-order valence-electron chi connectivity index (χ4n) is 3.65. The maximum Gasteiger partial charge on any atom is 0.356 e. The van der Waals surface area contributed by atoms with E-state index in [1.165, 1.54) is 24.3 Å². The van der Waals surface area contributed by atoms with Crippen LogP contribution in [0.3, 0.4) is 0 Å². The Kier molecular flexibility index (Phi) is 5.36. The summed E-state index contributed by atoms with van der Waals surface area (Å²) in [6.45, 7) is 5.08. The molecule has 0 unspecified atom stereocenters. The molecule has 1 fully saturated rings. The van der Waals surface area contributed by atoms with Crippen molar-refractivity contribution in [2.75, 3.05) is 38.6 Å². The van der Waals surface area contributed by atoms with Crippen LogP contribution in [-0.4, -0.2) is 48.1 Å². The average Bonchev–Trinajstić information content (AvgIpc) is 2.99. The van der Waals surface area contributed by atoms with Crippen molar-refractivity contribution in [3.05, 3.63) is 59.9 Å². The molecular weight excluding hydrogens is 359 g/mol. The number of Topliss-reactive ketones (excluding diaryl/α,β-unsaturated/α-hetero) is 1. The Morgan fingerprint density at radius 2 is 1.79 bits per heavy atom. The predicted octanol–water partition coefficient (Wildman–Crippen LogP) is 1.87. The number of carbonyl (C=O) groups is 1. The van der Waals surface area contributed by atoms with Gasteiger partial charge in [0.05, 0.1) is 19.8 Å². The lowest BCUT2D eigenvalue weighted by molar-refractivity contribution is -0.642. The zero-order valence-electron chi connectivity index (χ0n) is 15.7. The van der Waals surface area contributed by atoms with Gasteiger partial charge in [0.2, 0.25) is 0 Å². The van der Waals surface area contributed by atoms with Crippen LogP contribution in [0.15, 0.2) is 48.5 Å². The Balaban J connectivity index is 1.60. The summed E-state index contributed by atoms with van der Waals surface area (Å²) in [7, 11) is 0. The van der Waals surface area contributed by atoms with Crippen LogP contribution >= 0.6 is 0 Å². The molecule has 28 heavy (non-hydrogen) atoms. The number of para-hydroxylation sites is 2. The van der Waals surface area contributed by atoms with Crippen molar-refractivity contribution in [3.63, 3.8) is 0 Å². The third-order valence-corrected chi connectivity index (χ3v) is 5.23. The lowest BCUT2D eigenvalue weighted by atomic mass is 10.1. The standard InChI is InChI=1S/C21H23FN4O2/c22-17-7-5-16(6-8-17)20(27)15-26-19-4-2-1-3-18(19)25(21(26)23)10-9-24-11-13-28-14-12-24/h1-8,23H,9-15H2/p+1. The number of anilines is 1. The van der Waals surface area contributed by atoms with Crippen molar-refractivity contribution in [1.82, 2.24) is 9.47 Å². The number of nitrogen functional groups attached to an aromatic ring is 1. The van der Waals surface area contributed by atoms with Gasteiger partial charge in [-0.15, -0.1) is 0 Å². The number of fused-ring (bicyclic) bond motifs is 1. The van der Waals surface area contributed by atoms with E-state index in [1.807, 2.05) is 28.8 Å². The molecule has 2 N–H and O–H groups in total. The van der Waals surface area contributed by atoms with Gasteiger partial charge in [-0.25, -0.2) is 13.5 Å². The summed E-state index contributed by atoms with van der Waals surface area (Å²) in [5.41, 5.74) is 8.84. The van der Waals surface area contributed by atoms with E-state index in [-0.39, 0.29) is 18.1 Å². The smallest absolute Gasteiger partial charge is 0.356 e. The molecule has 7 heteroatoms. The molecule has 0 spiro atoms. The van der Waals surface area contributed by atoms with Crippen LogP contribution in [0, 0.1) is 5.82 Å². The molecule has 1 saturated heterocycles. The van der Waals surface area contributed by atoms with Gasteiger partial charge < -0.3 is 4.74 Å². The molecule has 0 amide bonds. The van der Waals surface area contributed by atoms with Crippen LogP contribution in [0.5, 0.6) is 0 Å². The van der Waals surface area contributed by atoms with E-state index in [4.69, 9.17) is 10.5 Å². The largest absolute Gasteiger partial charge is 0.379 e. The molecule has 1 aliphatic heterocycles. The molecule has 1 aromatic heterocycles. The molecule has 0 radical (unpaired) electrons. The fourth-order valence-corrected chi connectivity index (χ4v) is 3.65. The first-order valence-corrected chi connectivity index (χ1v) is 9.49. The topological polar surface area (TPSA) is 64.4 Å². The molecule has 0 aliphatic carbocycles. The normalized spacial score (nSPS) is 15.2. The van der Waals surface area contributed by atoms with E-state index in [2.05, 4.69) is 9.47 Å². The Morgan fingerprint density at radius 3 is 2.54 bits per heavy atom. The molecule has 146 valence electrons. The highest BCUT2D eigenvalue weighted by Crippen LogP contribution is 2.17. The number of nitrogens with two attached hydrogens (primary N) is 1. The second-order valence-corrected chi connectivity index (χ2v) is 6.97. The molecule has 0 atom stereocenters. The lowest BCUT2D eigenvalue weighted by Gasteiger charge is -2.25. The highest BCUT2D eigenvalue weighted by molar-refractivity contribution is 5.95. The highest BCUT2D eigenvalue weighted by atomic mass is 19.1. The summed E-state index contributed by atoms with van der Waals surface area (Å²) in [4.78, 5) is 15.1. The maximum atomic E-state index is 13.1. The Bertz CT molecular complexity index is 978. The second kappa shape index (κ2) is 8.08. The SMILES string of the molecule is Nc1n(CCN2CCOCC2)c2ccccc2[n+]1CC(=O)c1ccc(F)cc1. The zero-order valence-corrected chi connectivity index (χ0v) is 15.7. The summed E-state index contributed by atoms with van der Waals surface area (Å²) < 4.78 is 22.4. The number of rotatable bonds is 6. The first-order chi connectivity index (χ1) is 13.6. The molecular formula is C21H24FN4O2+. The van der Waals surface area contributed by atoms with E-state index in [0.29, 0.717) is 11.5 Å². The van der Waals surface area contributed by atoms with Crippen molar-refractivity contribution < 1.29 is 18.5 Å². The second-order valence-electron chi connectivity index (χ2n) is 6.97. The number of halogens is 1. The van der Waals surface area contributed by atoms with Crippen molar-refractivity contribution in [3.8, 4) is 0 Å². The number of hydrogen-bond donors (Lipinski definition) is 1. The Hall–Kier alpha value is -2.77. The van der Waals surface area contributed by atoms with Gasteiger partial charge in [-0.3, -0.25) is 15.4 Å². The average molecular weight is 383 g/mol. The fraction of sp³-hybridized carbons (Fsp3) is 0.333. The van der Waals surface area contributed by atoms with Gasteiger partial charge in [-0.1, -0.05) is 12.1 Å². The monoisotopic (exact) mass is 383 g/mol. The van der Waals surface area contributed by atoms with Crippen LogP contribution in [-0.2, 0) is 17.8 Å². The van der Waals surface area contributed by atoms with Crippen molar-refractivity contribution in [1.29, 1.82) is 0 Å². The summed E-state index contributed by atoms with van der Waals surface area (Å²) in [5.74, 6) is 0.0844. The van der Waals surface area contributed by atoms with Crippen LogP contribution in [0.4, 0.5) is 10.3 Å². The maximum absolute atomic E-state index is 13.1. The van der Waals surface area contributed by atoms with Gasteiger partial charge in [0.25, 0.3) is 0 Å². The van der Waals surface area contributed by atoms with E-state index in [9.17, 15) is 9.18 Å². The van der Waals surface area contributed by atoms with Gasteiger partial charge in [0.15, 0.2) is 5.78 Å². The van der Waals surface area contributed by atoms with E-state index in [1.54, 1.807) is 0 Å². The molecule has 2 aromatic carbocycles. The van der Waals surface area contributed by atoms with Crippen LogP contribution in [0.25, 0.3) is 11.0 Å². The van der Waals surface area contributed by atoms with Crippen LogP contribution in [0.1, 0.15) is 10.4 Å². The highest BCUT2D eigenvalue weighted by Gasteiger charge is 2.23.